The number of nitrogens with zero attached hydrogens (tertiary/aromatic N) is 1. The highest BCUT2D eigenvalue weighted by atomic mass is 16.5. The monoisotopic (exact) mass is 393 g/mol. The Bertz CT molecular complexity index is 709. The van der Waals surface area contributed by atoms with E-state index in [0.29, 0.717) is 43.5 Å². The molecule has 0 bridgehead atoms. The Morgan fingerprint density at radius 1 is 1.21 bits per heavy atom. The molecular weight excluding hydrogens is 366 g/mol. The third-order valence-corrected chi connectivity index (χ3v) is 4.20. The van der Waals surface area contributed by atoms with Crippen molar-refractivity contribution in [1.82, 2.24) is 10.2 Å². The second-order valence-electron chi connectivity index (χ2n) is 6.13. The molecule has 2 amide bonds. The van der Waals surface area contributed by atoms with E-state index in [1.807, 2.05) is 13.8 Å². The van der Waals surface area contributed by atoms with Gasteiger partial charge in [0.15, 0.2) is 11.5 Å². The summed E-state index contributed by atoms with van der Waals surface area (Å²) in [4.78, 5) is 37.8. The standard InChI is InChI=1S/C19H27N3O6/c1-4-27-15-7-6-13(10-16(15)28-5-2)21-17(23)12-22-9-8-20-19(25)14(22)11-18(24)26-3/h6-7,10,14H,4-5,8-9,11-12H2,1-3H3,(H,20,25)(H,21,23). The van der Waals surface area contributed by atoms with Crippen molar-refractivity contribution < 1.29 is 28.6 Å². The minimum atomic E-state index is -0.730. The number of hydrogen-bond donors (Lipinski definition) is 2. The minimum Gasteiger partial charge on any atom is -0.490 e. The average Bonchev–Trinajstić information content (AvgIpc) is 2.66. The van der Waals surface area contributed by atoms with Gasteiger partial charge in [0.25, 0.3) is 0 Å². The number of esters is 1. The van der Waals surface area contributed by atoms with E-state index in [9.17, 15) is 14.4 Å². The molecular formula is C19H27N3O6. The zero-order valence-corrected chi connectivity index (χ0v) is 16.4. The van der Waals surface area contributed by atoms with Crippen molar-refractivity contribution in [2.75, 3.05) is 45.3 Å². The van der Waals surface area contributed by atoms with Crippen LogP contribution in [0.5, 0.6) is 11.5 Å². The number of nitrogens with one attached hydrogen (secondary N) is 2. The number of anilines is 1. The summed E-state index contributed by atoms with van der Waals surface area (Å²) < 4.78 is 15.7. The Balaban J connectivity index is 2.04. The van der Waals surface area contributed by atoms with E-state index in [1.54, 1.807) is 23.1 Å². The number of amides is 2. The molecule has 9 nitrogen and oxygen atoms in total. The van der Waals surface area contributed by atoms with Gasteiger partial charge < -0.3 is 24.8 Å². The molecule has 1 aliphatic heterocycles. The van der Waals surface area contributed by atoms with E-state index in [4.69, 9.17) is 9.47 Å². The topological polar surface area (TPSA) is 106 Å². The minimum absolute atomic E-state index is 0.0216. The van der Waals surface area contributed by atoms with Gasteiger partial charge in [-0.25, -0.2) is 0 Å². The van der Waals surface area contributed by atoms with Crippen LogP contribution in [0, 0.1) is 0 Å². The molecule has 1 saturated heterocycles. The first-order chi connectivity index (χ1) is 13.5. The number of ether oxygens (including phenoxy) is 3. The SMILES string of the molecule is CCOc1ccc(NC(=O)CN2CCNC(=O)C2CC(=O)OC)cc1OCC. The van der Waals surface area contributed by atoms with E-state index in [1.165, 1.54) is 7.11 Å². The summed E-state index contributed by atoms with van der Waals surface area (Å²) in [5, 5.41) is 5.50. The van der Waals surface area contributed by atoms with Gasteiger partial charge in [0.2, 0.25) is 11.8 Å². The van der Waals surface area contributed by atoms with Crippen molar-refractivity contribution in [3.63, 3.8) is 0 Å². The smallest absolute Gasteiger partial charge is 0.307 e. The van der Waals surface area contributed by atoms with Crippen molar-refractivity contribution in [2.45, 2.75) is 26.3 Å². The van der Waals surface area contributed by atoms with Gasteiger partial charge in [-0.1, -0.05) is 0 Å². The number of benzene rings is 1. The molecule has 1 aliphatic rings. The van der Waals surface area contributed by atoms with Gasteiger partial charge >= 0.3 is 5.97 Å². The molecule has 0 aliphatic carbocycles. The number of rotatable bonds is 9. The van der Waals surface area contributed by atoms with Crippen LogP contribution >= 0.6 is 0 Å². The van der Waals surface area contributed by atoms with Crippen LogP contribution in [-0.4, -0.2) is 68.7 Å². The van der Waals surface area contributed by atoms with Crippen LogP contribution < -0.4 is 20.1 Å². The van der Waals surface area contributed by atoms with E-state index >= 15 is 0 Å². The lowest BCUT2D eigenvalue weighted by Gasteiger charge is -2.33. The summed E-state index contributed by atoms with van der Waals surface area (Å²) in [6.45, 7) is 5.58. The number of hydrogen-bond acceptors (Lipinski definition) is 7. The molecule has 1 heterocycles. The lowest BCUT2D eigenvalue weighted by Crippen LogP contribution is -2.57. The number of carbonyl (C=O) groups excluding carboxylic acids is 3. The Morgan fingerprint density at radius 2 is 1.93 bits per heavy atom. The second kappa shape index (κ2) is 10.5. The Hall–Kier alpha value is -2.81. The molecule has 9 heteroatoms. The van der Waals surface area contributed by atoms with Crippen molar-refractivity contribution in [2.24, 2.45) is 0 Å². The van der Waals surface area contributed by atoms with E-state index < -0.39 is 12.0 Å². The van der Waals surface area contributed by atoms with Crippen molar-refractivity contribution in [1.29, 1.82) is 0 Å². The molecule has 0 spiro atoms. The van der Waals surface area contributed by atoms with Crippen LogP contribution in [0.25, 0.3) is 0 Å². The summed E-state index contributed by atoms with van der Waals surface area (Å²) in [5.41, 5.74) is 0.558. The van der Waals surface area contributed by atoms with Crippen LogP contribution in [0.1, 0.15) is 20.3 Å². The van der Waals surface area contributed by atoms with Crippen molar-refractivity contribution >= 4 is 23.5 Å². The fourth-order valence-electron chi connectivity index (χ4n) is 2.93. The maximum Gasteiger partial charge on any atom is 0.307 e. The Kier molecular flexibility index (Phi) is 8.06. The number of methoxy groups -OCH3 is 1. The lowest BCUT2D eigenvalue weighted by molar-refractivity contribution is -0.146. The van der Waals surface area contributed by atoms with E-state index in [-0.39, 0.29) is 24.8 Å². The van der Waals surface area contributed by atoms with Gasteiger partial charge in [-0.2, -0.15) is 0 Å². The molecule has 1 aromatic carbocycles. The Morgan fingerprint density at radius 3 is 2.61 bits per heavy atom. The molecule has 1 fully saturated rings. The summed E-state index contributed by atoms with van der Waals surface area (Å²) in [6, 6.07) is 4.42. The molecule has 0 aromatic heterocycles. The normalized spacial score (nSPS) is 16.8. The van der Waals surface area contributed by atoms with Crippen molar-refractivity contribution in [3.05, 3.63) is 18.2 Å². The van der Waals surface area contributed by atoms with Gasteiger partial charge in [0.1, 0.15) is 6.04 Å². The third-order valence-electron chi connectivity index (χ3n) is 4.20. The first-order valence-electron chi connectivity index (χ1n) is 9.26. The fourth-order valence-corrected chi connectivity index (χ4v) is 2.93. The van der Waals surface area contributed by atoms with Crippen LogP contribution in [0.3, 0.4) is 0 Å². The molecule has 0 saturated carbocycles. The van der Waals surface area contributed by atoms with Gasteiger partial charge in [0, 0.05) is 24.8 Å². The number of carbonyl (C=O) groups is 3. The molecule has 0 radical (unpaired) electrons. The van der Waals surface area contributed by atoms with Gasteiger partial charge in [-0.3, -0.25) is 19.3 Å². The molecule has 2 rings (SSSR count). The maximum absolute atomic E-state index is 12.5. The van der Waals surface area contributed by atoms with Gasteiger partial charge in [-0.15, -0.1) is 0 Å². The summed E-state index contributed by atoms with van der Waals surface area (Å²) in [5.74, 6) is 0.0666. The summed E-state index contributed by atoms with van der Waals surface area (Å²) in [7, 11) is 1.27. The molecule has 154 valence electrons. The quantitative estimate of drug-likeness (QED) is 0.597. The zero-order valence-electron chi connectivity index (χ0n) is 16.4. The molecule has 28 heavy (non-hydrogen) atoms. The van der Waals surface area contributed by atoms with Crippen LogP contribution in [0.15, 0.2) is 18.2 Å². The summed E-state index contributed by atoms with van der Waals surface area (Å²) >= 11 is 0. The van der Waals surface area contributed by atoms with Crippen LogP contribution in [-0.2, 0) is 19.1 Å². The maximum atomic E-state index is 12.5. The predicted molar refractivity (Wildman–Crippen MR) is 102 cm³/mol. The highest BCUT2D eigenvalue weighted by Gasteiger charge is 2.33. The van der Waals surface area contributed by atoms with E-state index in [0.717, 1.165) is 0 Å². The lowest BCUT2D eigenvalue weighted by atomic mass is 10.1. The molecule has 2 N–H and O–H groups in total. The average molecular weight is 393 g/mol. The largest absolute Gasteiger partial charge is 0.490 e. The first kappa shape index (κ1) is 21.5. The molecule has 1 aromatic rings. The second-order valence-corrected chi connectivity index (χ2v) is 6.13. The predicted octanol–water partition coefficient (Wildman–Crippen LogP) is 0.786. The fraction of sp³-hybridized carbons (Fsp3) is 0.526. The first-order valence-corrected chi connectivity index (χ1v) is 9.26. The van der Waals surface area contributed by atoms with Gasteiger partial charge in [0.05, 0.1) is 33.3 Å². The molecule has 1 unspecified atom stereocenters. The van der Waals surface area contributed by atoms with Gasteiger partial charge in [-0.05, 0) is 26.0 Å². The summed E-state index contributed by atoms with van der Waals surface area (Å²) in [6.07, 6.45) is -0.104. The van der Waals surface area contributed by atoms with Crippen LogP contribution in [0.2, 0.25) is 0 Å². The van der Waals surface area contributed by atoms with Crippen LogP contribution in [0.4, 0.5) is 5.69 Å². The molecule has 1 atom stereocenters. The van der Waals surface area contributed by atoms with Crippen molar-refractivity contribution in [3.8, 4) is 11.5 Å². The highest BCUT2D eigenvalue weighted by Crippen LogP contribution is 2.30. The van der Waals surface area contributed by atoms with E-state index in [2.05, 4.69) is 15.4 Å². The number of piperazine rings is 1. The third kappa shape index (κ3) is 5.85. The zero-order chi connectivity index (χ0) is 20.5. The Labute approximate surface area is 164 Å². The highest BCUT2D eigenvalue weighted by molar-refractivity contribution is 5.94.